The molecule has 0 radical (unpaired) electrons. The van der Waals surface area contributed by atoms with Gasteiger partial charge in [-0.05, 0) is 22.6 Å². The van der Waals surface area contributed by atoms with Crippen LogP contribution in [0, 0.1) is 37.9 Å². The van der Waals surface area contributed by atoms with Crippen LogP contribution in [0.1, 0.15) is 11.1 Å². The number of rotatable bonds is 0. The molecule has 0 aliphatic heterocycles. The summed E-state index contributed by atoms with van der Waals surface area (Å²) in [6, 6.07) is 3.67. The first-order valence-electron chi connectivity index (χ1n) is 3.09. The molecule has 64 valence electrons. The van der Waals surface area contributed by atoms with Gasteiger partial charge in [0.15, 0.2) is 0 Å². The summed E-state index contributed by atoms with van der Waals surface area (Å²) in [6.45, 7) is 0. The Labute approximate surface area is 86.5 Å². The summed E-state index contributed by atoms with van der Waals surface area (Å²) in [4.78, 5) is 0. The zero-order valence-corrected chi connectivity index (χ0v) is 8.26. The van der Waals surface area contributed by atoms with E-state index in [1.807, 2.05) is 0 Å². The van der Waals surface area contributed by atoms with Crippen LogP contribution >= 0.6 is 22.6 Å². The topological polar surface area (TPSA) is 47.6 Å². The summed E-state index contributed by atoms with van der Waals surface area (Å²) in [7, 11) is 0. The van der Waals surface area contributed by atoms with E-state index in [2.05, 4.69) is 0 Å². The molecule has 0 bridgehead atoms. The SMILES string of the molecule is N#Cc1c(F)cc(F)c(C#N)c1I. The molecule has 0 amide bonds. The molecule has 1 aromatic rings. The second-order valence-corrected chi connectivity index (χ2v) is 3.21. The number of hydrogen-bond donors (Lipinski definition) is 0. The summed E-state index contributed by atoms with van der Waals surface area (Å²) in [6.07, 6.45) is 0. The average Bonchev–Trinajstić information content (AvgIpc) is 2.04. The maximum absolute atomic E-state index is 12.9. The number of nitriles is 2. The lowest BCUT2D eigenvalue weighted by Gasteiger charge is -2.00. The normalized spacial score (nSPS) is 9.00. The maximum atomic E-state index is 12.9. The first-order chi connectivity index (χ1) is 6.11. The van der Waals surface area contributed by atoms with Gasteiger partial charge in [0.25, 0.3) is 0 Å². The zero-order chi connectivity index (χ0) is 10.0. The Kier molecular flexibility index (Phi) is 2.79. The van der Waals surface area contributed by atoms with E-state index in [9.17, 15) is 8.78 Å². The van der Waals surface area contributed by atoms with Gasteiger partial charge < -0.3 is 0 Å². The predicted molar refractivity (Wildman–Crippen MR) is 48.5 cm³/mol. The fraction of sp³-hybridized carbons (Fsp3) is 0. The van der Waals surface area contributed by atoms with Crippen molar-refractivity contribution in [3.63, 3.8) is 0 Å². The Hall–Kier alpha value is -1.21. The van der Waals surface area contributed by atoms with Gasteiger partial charge in [0.1, 0.15) is 34.9 Å². The van der Waals surface area contributed by atoms with Gasteiger partial charge in [-0.15, -0.1) is 0 Å². The molecule has 13 heavy (non-hydrogen) atoms. The molecule has 0 aliphatic carbocycles. The van der Waals surface area contributed by atoms with E-state index >= 15 is 0 Å². The largest absolute Gasteiger partial charge is 0.205 e. The number of nitrogens with zero attached hydrogens (tertiary/aromatic N) is 2. The van der Waals surface area contributed by atoms with Gasteiger partial charge in [0, 0.05) is 6.07 Å². The van der Waals surface area contributed by atoms with Gasteiger partial charge >= 0.3 is 0 Å². The monoisotopic (exact) mass is 290 g/mol. The molecule has 0 aliphatic rings. The number of benzene rings is 1. The van der Waals surface area contributed by atoms with Gasteiger partial charge in [-0.25, -0.2) is 8.78 Å². The lowest BCUT2D eigenvalue weighted by Crippen LogP contribution is -1.97. The summed E-state index contributed by atoms with van der Waals surface area (Å²) in [5.74, 6) is -1.88. The van der Waals surface area contributed by atoms with Crippen molar-refractivity contribution in [3.8, 4) is 12.1 Å². The van der Waals surface area contributed by atoms with Crippen LogP contribution in [0.5, 0.6) is 0 Å². The van der Waals surface area contributed by atoms with E-state index in [1.54, 1.807) is 34.7 Å². The quantitative estimate of drug-likeness (QED) is 0.688. The molecule has 0 fully saturated rings. The summed E-state index contributed by atoms with van der Waals surface area (Å²) < 4.78 is 25.7. The lowest BCUT2D eigenvalue weighted by atomic mass is 10.1. The summed E-state index contributed by atoms with van der Waals surface area (Å²) in [5.41, 5.74) is -0.586. The highest BCUT2D eigenvalue weighted by Crippen LogP contribution is 2.22. The predicted octanol–water partition coefficient (Wildman–Crippen LogP) is 2.31. The van der Waals surface area contributed by atoms with E-state index in [1.165, 1.54) is 0 Å². The van der Waals surface area contributed by atoms with Gasteiger partial charge in [-0.1, -0.05) is 0 Å². The first-order valence-corrected chi connectivity index (χ1v) is 4.17. The van der Waals surface area contributed by atoms with Crippen molar-refractivity contribution in [2.75, 3.05) is 0 Å². The molecule has 0 saturated heterocycles. The van der Waals surface area contributed by atoms with Gasteiger partial charge in [0.05, 0.1) is 3.57 Å². The molecular formula is C8HF2IN2. The van der Waals surface area contributed by atoms with Crippen molar-refractivity contribution in [1.29, 1.82) is 10.5 Å². The Morgan fingerprint density at radius 3 is 1.77 bits per heavy atom. The third-order valence-corrected chi connectivity index (χ3v) is 2.47. The minimum Gasteiger partial charge on any atom is -0.205 e. The minimum atomic E-state index is -0.941. The molecule has 1 aromatic carbocycles. The molecule has 0 heterocycles. The van der Waals surface area contributed by atoms with E-state index in [0.717, 1.165) is 0 Å². The van der Waals surface area contributed by atoms with Crippen LogP contribution in [0.4, 0.5) is 8.78 Å². The van der Waals surface area contributed by atoms with Gasteiger partial charge in [-0.2, -0.15) is 10.5 Å². The number of halogens is 3. The smallest absolute Gasteiger partial charge is 0.145 e. The van der Waals surface area contributed by atoms with Gasteiger partial charge in [-0.3, -0.25) is 0 Å². The van der Waals surface area contributed by atoms with E-state index in [0.29, 0.717) is 6.07 Å². The van der Waals surface area contributed by atoms with Gasteiger partial charge in [0.2, 0.25) is 0 Å². The highest BCUT2D eigenvalue weighted by atomic mass is 127. The molecule has 0 unspecified atom stereocenters. The standard InChI is InChI=1S/C8HF2IN2/c9-6-1-7(10)5(3-13)8(11)4(6)2-12/h1H. The third-order valence-electron chi connectivity index (χ3n) is 1.39. The molecule has 2 nitrogen and oxygen atoms in total. The Morgan fingerprint density at radius 2 is 1.46 bits per heavy atom. The fourth-order valence-corrected chi connectivity index (χ4v) is 1.55. The maximum Gasteiger partial charge on any atom is 0.145 e. The fourth-order valence-electron chi connectivity index (χ4n) is 0.795. The molecule has 0 saturated carbocycles. The summed E-state index contributed by atoms with van der Waals surface area (Å²) in [5, 5.41) is 17.0. The Bertz CT molecular complexity index is 405. The average molecular weight is 290 g/mol. The molecule has 1 rings (SSSR count). The lowest BCUT2D eigenvalue weighted by molar-refractivity contribution is 0.576. The molecule has 5 heteroatoms. The summed E-state index contributed by atoms with van der Waals surface area (Å²) >= 11 is 1.57. The Balaban J connectivity index is 3.63. The highest BCUT2D eigenvalue weighted by molar-refractivity contribution is 14.1. The van der Waals surface area contributed by atoms with Crippen LogP contribution in [0.3, 0.4) is 0 Å². The molecule has 0 aromatic heterocycles. The Morgan fingerprint density at radius 1 is 1.08 bits per heavy atom. The zero-order valence-electron chi connectivity index (χ0n) is 6.11. The highest BCUT2D eigenvalue weighted by Gasteiger charge is 2.15. The van der Waals surface area contributed by atoms with E-state index < -0.39 is 11.6 Å². The van der Waals surface area contributed by atoms with Crippen molar-refractivity contribution >= 4 is 22.6 Å². The first kappa shape index (κ1) is 9.87. The van der Waals surface area contributed by atoms with Crippen LogP contribution in [-0.2, 0) is 0 Å². The van der Waals surface area contributed by atoms with Crippen LogP contribution in [0.15, 0.2) is 6.07 Å². The van der Waals surface area contributed by atoms with Crippen molar-refractivity contribution in [2.45, 2.75) is 0 Å². The van der Waals surface area contributed by atoms with Crippen LogP contribution in [0.25, 0.3) is 0 Å². The minimum absolute atomic E-state index is 0.0140. The molecular weight excluding hydrogens is 289 g/mol. The third kappa shape index (κ3) is 1.61. The second kappa shape index (κ2) is 3.67. The van der Waals surface area contributed by atoms with E-state index in [-0.39, 0.29) is 14.7 Å². The molecule has 0 spiro atoms. The van der Waals surface area contributed by atoms with Crippen molar-refractivity contribution in [1.82, 2.24) is 0 Å². The molecule has 0 N–H and O–H groups in total. The second-order valence-electron chi connectivity index (χ2n) is 2.13. The van der Waals surface area contributed by atoms with Crippen LogP contribution in [0.2, 0.25) is 0 Å². The van der Waals surface area contributed by atoms with Crippen LogP contribution in [-0.4, -0.2) is 0 Å². The molecule has 0 atom stereocenters. The van der Waals surface area contributed by atoms with Crippen LogP contribution < -0.4 is 0 Å². The van der Waals surface area contributed by atoms with E-state index in [4.69, 9.17) is 10.5 Å². The number of hydrogen-bond acceptors (Lipinski definition) is 2. The van der Waals surface area contributed by atoms with Crippen molar-refractivity contribution < 1.29 is 8.78 Å². The van der Waals surface area contributed by atoms with Crippen molar-refractivity contribution in [2.24, 2.45) is 0 Å². The van der Waals surface area contributed by atoms with Crippen molar-refractivity contribution in [3.05, 3.63) is 32.4 Å².